The molecule has 5 heterocycles. The Labute approximate surface area is 188 Å². The molecule has 0 spiro atoms. The van der Waals surface area contributed by atoms with Gasteiger partial charge >= 0.3 is 0 Å². The first kappa shape index (κ1) is 20.6. The Morgan fingerprint density at radius 1 is 1.03 bits per heavy atom. The van der Waals surface area contributed by atoms with Crippen molar-refractivity contribution in [3.8, 4) is 22.6 Å². The standard InChI is InChI=1S/C25H29N7/c1-16(2)20-5-4-6-23(29-20)25-19(15-28-31-25)21-7-8-22-24(30-21)13-18(14-27-22)32-11-9-17(26-3)10-12-32/h4-8,13-17,26H,9-12H2,1-3H3,(H,28,31). The van der Waals surface area contributed by atoms with E-state index in [1.807, 2.05) is 43.7 Å². The first-order valence-electron chi connectivity index (χ1n) is 11.3. The fraction of sp³-hybridized carbons (Fsp3) is 0.360. The van der Waals surface area contributed by atoms with Gasteiger partial charge in [0.2, 0.25) is 0 Å². The van der Waals surface area contributed by atoms with Crippen LogP contribution in [-0.2, 0) is 0 Å². The zero-order valence-corrected chi connectivity index (χ0v) is 18.8. The zero-order valence-electron chi connectivity index (χ0n) is 18.8. The summed E-state index contributed by atoms with van der Waals surface area (Å²) >= 11 is 0. The number of nitrogens with zero attached hydrogens (tertiary/aromatic N) is 5. The summed E-state index contributed by atoms with van der Waals surface area (Å²) in [5.74, 6) is 0.360. The number of anilines is 1. The molecule has 4 aromatic heterocycles. The van der Waals surface area contributed by atoms with Crippen molar-refractivity contribution in [2.45, 2.75) is 38.6 Å². The number of H-pyrrole nitrogens is 1. The zero-order chi connectivity index (χ0) is 22.1. The maximum Gasteiger partial charge on any atom is 0.120 e. The topological polar surface area (TPSA) is 82.6 Å². The van der Waals surface area contributed by atoms with Crippen LogP contribution in [0.5, 0.6) is 0 Å². The van der Waals surface area contributed by atoms with Crippen LogP contribution < -0.4 is 10.2 Å². The molecule has 0 saturated carbocycles. The molecular weight excluding hydrogens is 398 g/mol. The Morgan fingerprint density at radius 3 is 2.66 bits per heavy atom. The molecule has 1 aliphatic heterocycles. The Bertz CT molecular complexity index is 1220. The number of hydrogen-bond acceptors (Lipinski definition) is 6. The lowest BCUT2D eigenvalue weighted by molar-refractivity contribution is 0.442. The Morgan fingerprint density at radius 2 is 1.88 bits per heavy atom. The summed E-state index contributed by atoms with van der Waals surface area (Å²) < 4.78 is 0. The molecule has 1 aliphatic rings. The lowest BCUT2D eigenvalue weighted by atomic mass is 10.0. The molecule has 0 atom stereocenters. The molecule has 1 saturated heterocycles. The number of aromatic amines is 1. The smallest absolute Gasteiger partial charge is 0.120 e. The molecule has 0 radical (unpaired) electrons. The van der Waals surface area contributed by atoms with Gasteiger partial charge in [-0.15, -0.1) is 0 Å². The number of fused-ring (bicyclic) bond motifs is 1. The predicted molar refractivity (Wildman–Crippen MR) is 129 cm³/mol. The highest BCUT2D eigenvalue weighted by Gasteiger charge is 2.19. The van der Waals surface area contributed by atoms with Gasteiger partial charge in [0.25, 0.3) is 0 Å². The summed E-state index contributed by atoms with van der Waals surface area (Å²) in [6, 6.07) is 12.9. The van der Waals surface area contributed by atoms with E-state index in [0.717, 1.165) is 71.0 Å². The average Bonchev–Trinajstić information content (AvgIpc) is 3.33. The summed E-state index contributed by atoms with van der Waals surface area (Å²) in [6.45, 7) is 6.35. The normalized spacial score (nSPS) is 15.1. The van der Waals surface area contributed by atoms with Crippen LogP contribution in [-0.4, -0.2) is 51.3 Å². The third-order valence-corrected chi connectivity index (χ3v) is 6.31. The van der Waals surface area contributed by atoms with Crippen LogP contribution in [0.1, 0.15) is 38.3 Å². The number of nitrogens with one attached hydrogen (secondary N) is 2. The summed E-state index contributed by atoms with van der Waals surface area (Å²) in [4.78, 5) is 16.9. The summed E-state index contributed by atoms with van der Waals surface area (Å²) in [7, 11) is 2.04. The van der Waals surface area contributed by atoms with Crippen LogP contribution >= 0.6 is 0 Å². The van der Waals surface area contributed by atoms with E-state index in [-0.39, 0.29) is 0 Å². The van der Waals surface area contributed by atoms with Crippen molar-refractivity contribution in [3.05, 3.63) is 54.5 Å². The maximum atomic E-state index is 4.96. The molecule has 5 rings (SSSR count). The molecule has 0 bridgehead atoms. The van der Waals surface area contributed by atoms with E-state index >= 15 is 0 Å². The van der Waals surface area contributed by atoms with Crippen LogP contribution in [0, 0.1) is 0 Å². The fourth-order valence-corrected chi connectivity index (χ4v) is 4.33. The molecule has 0 unspecified atom stereocenters. The molecule has 7 nitrogen and oxygen atoms in total. The van der Waals surface area contributed by atoms with Gasteiger partial charge in [0, 0.05) is 36.6 Å². The van der Waals surface area contributed by atoms with Crippen LogP contribution in [0.3, 0.4) is 0 Å². The van der Waals surface area contributed by atoms with Crippen molar-refractivity contribution in [3.63, 3.8) is 0 Å². The van der Waals surface area contributed by atoms with Crippen molar-refractivity contribution in [1.82, 2.24) is 30.5 Å². The van der Waals surface area contributed by atoms with Crippen molar-refractivity contribution in [2.75, 3.05) is 25.0 Å². The number of pyridine rings is 3. The van der Waals surface area contributed by atoms with E-state index in [2.05, 4.69) is 51.4 Å². The van der Waals surface area contributed by atoms with Crippen molar-refractivity contribution < 1.29 is 0 Å². The van der Waals surface area contributed by atoms with Gasteiger partial charge in [0.1, 0.15) is 5.69 Å². The quantitative estimate of drug-likeness (QED) is 0.491. The minimum absolute atomic E-state index is 0.360. The first-order valence-corrected chi connectivity index (χ1v) is 11.3. The van der Waals surface area contributed by atoms with Gasteiger partial charge in [0.05, 0.1) is 34.3 Å². The summed E-state index contributed by atoms with van der Waals surface area (Å²) in [5, 5.41) is 10.9. The van der Waals surface area contributed by atoms with Gasteiger partial charge in [-0.05, 0) is 56.1 Å². The van der Waals surface area contributed by atoms with E-state index in [1.54, 1.807) is 0 Å². The summed E-state index contributed by atoms with van der Waals surface area (Å²) in [5.41, 5.74) is 7.46. The largest absolute Gasteiger partial charge is 0.370 e. The number of hydrogen-bond donors (Lipinski definition) is 2. The minimum atomic E-state index is 0.360. The lowest BCUT2D eigenvalue weighted by Crippen LogP contribution is -2.41. The lowest BCUT2D eigenvalue weighted by Gasteiger charge is -2.33. The highest BCUT2D eigenvalue weighted by atomic mass is 15.2. The third-order valence-electron chi connectivity index (χ3n) is 6.31. The van der Waals surface area contributed by atoms with Gasteiger partial charge in [-0.25, -0.2) is 4.98 Å². The molecule has 164 valence electrons. The minimum Gasteiger partial charge on any atom is -0.370 e. The van der Waals surface area contributed by atoms with Crippen LogP contribution in [0.2, 0.25) is 0 Å². The SMILES string of the molecule is CNC1CCN(c2cnc3ccc(-c4c[nH]nc4-c4cccc(C(C)C)n4)nc3c2)CC1. The second kappa shape index (κ2) is 8.67. The molecule has 0 amide bonds. The summed E-state index contributed by atoms with van der Waals surface area (Å²) in [6.07, 6.45) is 6.15. The monoisotopic (exact) mass is 427 g/mol. The van der Waals surface area contributed by atoms with E-state index < -0.39 is 0 Å². The van der Waals surface area contributed by atoms with Gasteiger partial charge < -0.3 is 10.2 Å². The Kier molecular flexibility index (Phi) is 5.57. The Hall–Kier alpha value is -3.32. The third kappa shape index (κ3) is 3.96. The Balaban J connectivity index is 1.48. The van der Waals surface area contributed by atoms with Crippen molar-refractivity contribution in [1.29, 1.82) is 0 Å². The maximum absolute atomic E-state index is 4.96. The van der Waals surface area contributed by atoms with Gasteiger partial charge in [-0.2, -0.15) is 5.10 Å². The second-order valence-electron chi connectivity index (χ2n) is 8.73. The molecule has 0 aromatic carbocycles. The first-order chi connectivity index (χ1) is 15.6. The highest BCUT2D eigenvalue weighted by Crippen LogP contribution is 2.30. The molecular formula is C25H29N7. The second-order valence-corrected chi connectivity index (χ2v) is 8.73. The van der Waals surface area contributed by atoms with Gasteiger partial charge in [-0.1, -0.05) is 19.9 Å². The van der Waals surface area contributed by atoms with Gasteiger partial charge in [-0.3, -0.25) is 15.1 Å². The van der Waals surface area contributed by atoms with Gasteiger partial charge in [0.15, 0.2) is 0 Å². The van der Waals surface area contributed by atoms with Crippen molar-refractivity contribution in [2.24, 2.45) is 0 Å². The molecule has 2 N–H and O–H groups in total. The molecule has 7 heteroatoms. The number of piperidine rings is 1. The molecule has 1 fully saturated rings. The van der Waals surface area contributed by atoms with E-state index in [4.69, 9.17) is 9.97 Å². The van der Waals surface area contributed by atoms with E-state index in [0.29, 0.717) is 12.0 Å². The van der Waals surface area contributed by atoms with Crippen molar-refractivity contribution >= 4 is 16.7 Å². The molecule has 4 aromatic rings. The fourth-order valence-electron chi connectivity index (χ4n) is 4.33. The number of aromatic nitrogens is 5. The van der Waals surface area contributed by atoms with Crippen LogP contribution in [0.4, 0.5) is 5.69 Å². The van der Waals surface area contributed by atoms with Crippen LogP contribution in [0.15, 0.2) is 48.8 Å². The number of rotatable bonds is 5. The molecule has 32 heavy (non-hydrogen) atoms. The van der Waals surface area contributed by atoms with Crippen LogP contribution in [0.25, 0.3) is 33.7 Å². The molecule has 0 aliphatic carbocycles. The average molecular weight is 428 g/mol. The van der Waals surface area contributed by atoms with E-state index in [9.17, 15) is 0 Å². The highest BCUT2D eigenvalue weighted by molar-refractivity contribution is 5.84. The predicted octanol–water partition coefficient (Wildman–Crippen LogP) is 4.39. The van der Waals surface area contributed by atoms with E-state index in [1.165, 1.54) is 0 Å².